The van der Waals surface area contributed by atoms with Gasteiger partial charge in [-0.2, -0.15) is 0 Å². The zero-order valence-corrected chi connectivity index (χ0v) is 11.0. The van der Waals surface area contributed by atoms with Crippen molar-refractivity contribution in [1.82, 2.24) is 4.57 Å². The zero-order chi connectivity index (χ0) is 12.6. The normalized spacial score (nSPS) is 10.7. The van der Waals surface area contributed by atoms with Crippen LogP contribution in [0.15, 0.2) is 35.3 Å². The van der Waals surface area contributed by atoms with Crippen molar-refractivity contribution in [1.29, 1.82) is 0 Å². The van der Waals surface area contributed by atoms with Crippen LogP contribution in [0.1, 0.15) is 16.1 Å². The number of carboxylic acids is 1. The number of aromatic carboxylic acids is 1. The number of hydrogen-bond acceptors (Lipinski definition) is 1. The van der Waals surface area contributed by atoms with Crippen molar-refractivity contribution >= 4 is 32.8 Å². The third-order valence-electron chi connectivity index (χ3n) is 2.79. The van der Waals surface area contributed by atoms with Crippen LogP contribution in [0.3, 0.4) is 0 Å². The molecule has 1 aromatic heterocycles. The van der Waals surface area contributed by atoms with E-state index in [0.717, 1.165) is 20.9 Å². The van der Waals surface area contributed by atoms with Gasteiger partial charge in [-0.15, -0.1) is 6.58 Å². The molecule has 0 amide bonds. The Bertz CT molecular complexity index is 613. The van der Waals surface area contributed by atoms with E-state index in [9.17, 15) is 9.90 Å². The molecule has 0 aliphatic rings. The molecule has 0 saturated heterocycles. The van der Waals surface area contributed by atoms with E-state index in [1.807, 2.05) is 25.1 Å². The average molecular weight is 294 g/mol. The van der Waals surface area contributed by atoms with E-state index < -0.39 is 5.97 Å². The van der Waals surface area contributed by atoms with E-state index in [0.29, 0.717) is 12.2 Å². The van der Waals surface area contributed by atoms with E-state index in [1.54, 1.807) is 10.6 Å². The quantitative estimate of drug-likeness (QED) is 0.879. The molecule has 0 atom stereocenters. The fourth-order valence-corrected chi connectivity index (χ4v) is 2.45. The minimum absolute atomic E-state index is 0.331. The van der Waals surface area contributed by atoms with Gasteiger partial charge in [0.25, 0.3) is 0 Å². The van der Waals surface area contributed by atoms with Crippen LogP contribution in [0.2, 0.25) is 0 Å². The Hall–Kier alpha value is -1.55. The molecule has 88 valence electrons. The van der Waals surface area contributed by atoms with Gasteiger partial charge in [0.2, 0.25) is 0 Å². The number of aryl methyl sites for hydroxylation is 1. The van der Waals surface area contributed by atoms with Gasteiger partial charge in [0.05, 0.1) is 0 Å². The zero-order valence-electron chi connectivity index (χ0n) is 9.40. The number of rotatable bonds is 3. The molecule has 1 N–H and O–H groups in total. The Kier molecular flexibility index (Phi) is 3.07. The molecule has 0 radical (unpaired) electrons. The first kappa shape index (κ1) is 11.9. The first-order valence-electron chi connectivity index (χ1n) is 5.18. The number of hydrogen-bond donors (Lipinski definition) is 1. The fraction of sp³-hybridized carbons (Fsp3) is 0.154. The predicted octanol–water partition coefficient (Wildman–Crippen LogP) is 3.60. The minimum atomic E-state index is -0.906. The molecule has 0 spiro atoms. The van der Waals surface area contributed by atoms with Gasteiger partial charge in [-0.3, -0.25) is 0 Å². The molecule has 2 aromatic rings. The molecule has 4 heteroatoms. The lowest BCUT2D eigenvalue weighted by Gasteiger charge is -2.04. The largest absolute Gasteiger partial charge is 0.477 e. The van der Waals surface area contributed by atoms with E-state index in [2.05, 4.69) is 22.5 Å². The summed E-state index contributed by atoms with van der Waals surface area (Å²) in [5.41, 5.74) is 2.04. The lowest BCUT2D eigenvalue weighted by atomic mass is 10.1. The summed E-state index contributed by atoms with van der Waals surface area (Å²) in [4.78, 5) is 11.3. The van der Waals surface area contributed by atoms with Gasteiger partial charge >= 0.3 is 5.97 Å². The minimum Gasteiger partial charge on any atom is -0.477 e. The van der Waals surface area contributed by atoms with Crippen molar-refractivity contribution in [2.45, 2.75) is 13.5 Å². The SMILES string of the molecule is C=CCn1c(C(=O)O)c(C)c2cc(Br)ccc21. The summed E-state index contributed by atoms with van der Waals surface area (Å²) in [6, 6.07) is 5.77. The number of carboxylic acid groups (broad SMARTS) is 1. The molecule has 1 heterocycles. The number of carbonyl (C=O) groups is 1. The standard InChI is InChI=1S/C13H12BrNO2/c1-3-6-15-11-5-4-9(14)7-10(11)8(2)12(15)13(16)17/h3-5,7H,1,6H2,2H3,(H,16,17). The highest BCUT2D eigenvalue weighted by molar-refractivity contribution is 9.10. The Morgan fingerprint density at radius 1 is 1.59 bits per heavy atom. The van der Waals surface area contributed by atoms with Gasteiger partial charge in [-0.1, -0.05) is 22.0 Å². The summed E-state index contributed by atoms with van der Waals surface area (Å²) in [7, 11) is 0. The first-order chi connectivity index (χ1) is 8.06. The van der Waals surface area contributed by atoms with Crippen molar-refractivity contribution < 1.29 is 9.90 Å². The highest BCUT2D eigenvalue weighted by Crippen LogP contribution is 2.28. The van der Waals surface area contributed by atoms with Gasteiger partial charge in [0, 0.05) is 21.9 Å². The van der Waals surface area contributed by atoms with E-state index in [4.69, 9.17) is 0 Å². The summed E-state index contributed by atoms with van der Waals surface area (Å²) in [5.74, 6) is -0.906. The van der Waals surface area contributed by atoms with Crippen molar-refractivity contribution in [2.24, 2.45) is 0 Å². The number of allylic oxidation sites excluding steroid dienone is 1. The molecule has 0 aliphatic carbocycles. The molecule has 17 heavy (non-hydrogen) atoms. The van der Waals surface area contributed by atoms with Crippen LogP contribution in [-0.2, 0) is 6.54 Å². The second kappa shape index (κ2) is 4.37. The summed E-state index contributed by atoms with van der Waals surface area (Å²) >= 11 is 3.40. The number of halogens is 1. The van der Waals surface area contributed by atoms with Crippen LogP contribution in [0, 0.1) is 6.92 Å². The van der Waals surface area contributed by atoms with E-state index >= 15 is 0 Å². The van der Waals surface area contributed by atoms with Crippen molar-refractivity contribution in [3.63, 3.8) is 0 Å². The maximum atomic E-state index is 11.3. The number of aromatic nitrogens is 1. The van der Waals surface area contributed by atoms with Gasteiger partial charge in [-0.05, 0) is 30.7 Å². The second-order valence-electron chi connectivity index (χ2n) is 3.84. The molecule has 3 nitrogen and oxygen atoms in total. The maximum absolute atomic E-state index is 11.3. The van der Waals surface area contributed by atoms with Gasteiger partial charge < -0.3 is 9.67 Å². The molecule has 0 bridgehead atoms. The summed E-state index contributed by atoms with van der Waals surface area (Å²) in [5, 5.41) is 10.2. The number of nitrogens with zero attached hydrogens (tertiary/aromatic N) is 1. The third kappa shape index (κ3) is 1.89. The molecule has 0 fully saturated rings. The Labute approximate surface area is 107 Å². The van der Waals surface area contributed by atoms with Crippen LogP contribution in [0.25, 0.3) is 10.9 Å². The van der Waals surface area contributed by atoms with Crippen LogP contribution in [0.4, 0.5) is 0 Å². The summed E-state index contributed by atoms with van der Waals surface area (Å²) < 4.78 is 2.72. The Morgan fingerprint density at radius 3 is 2.88 bits per heavy atom. The summed E-state index contributed by atoms with van der Waals surface area (Å²) in [6.07, 6.45) is 1.70. The average Bonchev–Trinajstić information content (AvgIpc) is 2.53. The lowest BCUT2D eigenvalue weighted by Crippen LogP contribution is -2.08. The summed E-state index contributed by atoms with van der Waals surface area (Å²) in [6.45, 7) is 5.99. The Balaban J connectivity index is 2.87. The molecule has 0 saturated carbocycles. The topological polar surface area (TPSA) is 42.2 Å². The van der Waals surface area contributed by atoms with Gasteiger partial charge in [0.15, 0.2) is 0 Å². The first-order valence-corrected chi connectivity index (χ1v) is 5.98. The lowest BCUT2D eigenvalue weighted by molar-refractivity contribution is 0.0685. The second-order valence-corrected chi connectivity index (χ2v) is 4.76. The highest BCUT2D eigenvalue weighted by atomic mass is 79.9. The molecular weight excluding hydrogens is 282 g/mol. The van der Waals surface area contributed by atoms with Crippen LogP contribution < -0.4 is 0 Å². The number of fused-ring (bicyclic) bond motifs is 1. The molecule has 1 aromatic carbocycles. The van der Waals surface area contributed by atoms with Crippen LogP contribution in [0.5, 0.6) is 0 Å². The molecule has 2 rings (SSSR count). The highest BCUT2D eigenvalue weighted by Gasteiger charge is 2.18. The predicted molar refractivity (Wildman–Crippen MR) is 71.5 cm³/mol. The molecular formula is C13H12BrNO2. The van der Waals surface area contributed by atoms with E-state index in [-0.39, 0.29) is 0 Å². The third-order valence-corrected chi connectivity index (χ3v) is 3.29. The Morgan fingerprint density at radius 2 is 2.29 bits per heavy atom. The van der Waals surface area contributed by atoms with Gasteiger partial charge in [0.1, 0.15) is 5.69 Å². The number of benzene rings is 1. The van der Waals surface area contributed by atoms with Crippen LogP contribution in [-0.4, -0.2) is 15.6 Å². The van der Waals surface area contributed by atoms with Crippen LogP contribution >= 0.6 is 15.9 Å². The fourth-order valence-electron chi connectivity index (χ4n) is 2.09. The maximum Gasteiger partial charge on any atom is 0.352 e. The van der Waals surface area contributed by atoms with Gasteiger partial charge in [-0.25, -0.2) is 4.79 Å². The molecule has 0 aliphatic heterocycles. The monoisotopic (exact) mass is 293 g/mol. The van der Waals surface area contributed by atoms with Crippen molar-refractivity contribution in [3.8, 4) is 0 Å². The van der Waals surface area contributed by atoms with Crippen molar-refractivity contribution in [2.75, 3.05) is 0 Å². The molecule has 0 unspecified atom stereocenters. The van der Waals surface area contributed by atoms with E-state index in [1.165, 1.54) is 0 Å². The van der Waals surface area contributed by atoms with Crippen molar-refractivity contribution in [3.05, 3.63) is 46.6 Å². The smallest absolute Gasteiger partial charge is 0.352 e.